The van der Waals surface area contributed by atoms with Crippen LogP contribution in [0, 0.1) is 22.0 Å². The van der Waals surface area contributed by atoms with Gasteiger partial charge in [-0.1, -0.05) is 71.4 Å². The molecule has 0 spiro atoms. The van der Waals surface area contributed by atoms with Crippen LogP contribution in [0.3, 0.4) is 0 Å². The molecule has 3 atom stereocenters. The van der Waals surface area contributed by atoms with Gasteiger partial charge in [-0.3, -0.25) is 19.7 Å². The van der Waals surface area contributed by atoms with Gasteiger partial charge in [-0.25, -0.2) is 4.79 Å². The average molecular weight is 681 g/mol. The van der Waals surface area contributed by atoms with E-state index >= 15 is 0 Å². The number of ether oxygens (including phenoxy) is 3. The minimum absolute atomic E-state index is 0.0618. The van der Waals surface area contributed by atoms with Gasteiger partial charge in [0, 0.05) is 17.7 Å². The maximum absolute atomic E-state index is 13.7. The zero-order valence-corrected chi connectivity index (χ0v) is 28.8. The highest BCUT2D eigenvalue weighted by Gasteiger charge is 2.31. The lowest BCUT2D eigenvalue weighted by Crippen LogP contribution is -2.40. The minimum Gasteiger partial charge on any atom is -0.494 e. The van der Waals surface area contributed by atoms with Crippen molar-refractivity contribution < 1.29 is 33.5 Å². The van der Waals surface area contributed by atoms with Crippen molar-refractivity contribution in [1.82, 2.24) is 0 Å². The van der Waals surface area contributed by atoms with Gasteiger partial charge in [0.1, 0.15) is 11.5 Å². The Hall–Kier alpha value is -4.44. The molecule has 0 aliphatic carbocycles. The predicted molar refractivity (Wildman–Crippen MR) is 186 cm³/mol. The Labute approximate surface area is 287 Å². The summed E-state index contributed by atoms with van der Waals surface area (Å²) in [4.78, 5) is 50.9. The number of ketones is 1. The van der Waals surface area contributed by atoms with E-state index in [9.17, 15) is 24.5 Å². The number of unbranched alkanes of at least 4 members (excludes halogenated alkanes) is 1. The lowest BCUT2D eigenvalue weighted by molar-refractivity contribution is -0.384. The molecule has 3 aromatic carbocycles. The summed E-state index contributed by atoms with van der Waals surface area (Å²) in [7, 11) is 0. The lowest BCUT2D eigenvalue weighted by Gasteiger charge is -2.21. The Morgan fingerprint density at radius 1 is 0.854 bits per heavy atom. The Balaban J connectivity index is 1.80. The SMILES string of the molecule is CCCCOc1ccc(C(=O)C(Oc2ccc([N+](=O)[O-])cc2)C(=O)Nc2cc(C(=O)OCC(CC)CC(CC)CCC)ccc2Cl)cc1. The van der Waals surface area contributed by atoms with E-state index in [1.165, 1.54) is 54.6 Å². The number of nitrogens with one attached hydrogen (secondary N) is 1. The molecule has 0 aliphatic heterocycles. The maximum Gasteiger partial charge on any atom is 0.338 e. The van der Waals surface area contributed by atoms with E-state index in [1.807, 2.05) is 0 Å². The van der Waals surface area contributed by atoms with Gasteiger partial charge in [-0.2, -0.15) is 0 Å². The number of amides is 1. The molecule has 48 heavy (non-hydrogen) atoms. The van der Waals surface area contributed by atoms with Crippen molar-refractivity contribution in [1.29, 1.82) is 0 Å². The van der Waals surface area contributed by atoms with E-state index in [0.29, 0.717) is 18.3 Å². The number of Topliss-reactive ketones (excluding diaryl/α,β-unsaturated/α-hetero) is 1. The minimum atomic E-state index is -1.70. The van der Waals surface area contributed by atoms with Crippen LogP contribution in [-0.4, -0.2) is 41.9 Å². The quantitative estimate of drug-likeness (QED) is 0.0312. The number of non-ortho nitro benzene ring substituents is 1. The first-order valence-corrected chi connectivity index (χ1v) is 16.9. The van der Waals surface area contributed by atoms with Crippen molar-refractivity contribution in [3.63, 3.8) is 0 Å². The topological polar surface area (TPSA) is 134 Å². The molecule has 1 amide bonds. The Kier molecular flexibility index (Phi) is 15.4. The lowest BCUT2D eigenvalue weighted by atomic mass is 9.88. The first-order valence-electron chi connectivity index (χ1n) is 16.6. The van der Waals surface area contributed by atoms with Gasteiger partial charge in [-0.05, 0) is 79.3 Å². The highest BCUT2D eigenvalue weighted by molar-refractivity contribution is 6.34. The van der Waals surface area contributed by atoms with Gasteiger partial charge >= 0.3 is 5.97 Å². The highest BCUT2D eigenvalue weighted by Crippen LogP contribution is 2.27. The van der Waals surface area contributed by atoms with E-state index in [0.717, 1.165) is 44.9 Å². The van der Waals surface area contributed by atoms with Crippen LogP contribution < -0.4 is 14.8 Å². The Morgan fingerprint density at radius 3 is 2.10 bits per heavy atom. The fraction of sp³-hybridized carbons (Fsp3) is 0.432. The van der Waals surface area contributed by atoms with Crippen molar-refractivity contribution in [2.24, 2.45) is 11.8 Å². The summed E-state index contributed by atoms with van der Waals surface area (Å²) in [6.45, 7) is 9.29. The molecule has 0 radical (unpaired) electrons. The molecule has 0 fully saturated rings. The molecule has 1 N–H and O–H groups in total. The zero-order valence-electron chi connectivity index (χ0n) is 28.0. The number of nitro groups is 1. The molecule has 0 saturated carbocycles. The number of carbonyl (C=O) groups is 3. The second kappa shape index (κ2) is 19.4. The van der Waals surface area contributed by atoms with E-state index in [-0.39, 0.29) is 45.8 Å². The Morgan fingerprint density at radius 2 is 1.50 bits per heavy atom. The van der Waals surface area contributed by atoms with Gasteiger partial charge < -0.3 is 19.5 Å². The van der Waals surface area contributed by atoms with Crippen molar-refractivity contribution in [2.75, 3.05) is 18.5 Å². The maximum atomic E-state index is 13.7. The average Bonchev–Trinajstić information content (AvgIpc) is 3.09. The molecule has 258 valence electrons. The number of halogens is 1. The third kappa shape index (κ3) is 11.4. The van der Waals surface area contributed by atoms with Crippen LogP contribution in [0.15, 0.2) is 66.7 Å². The van der Waals surface area contributed by atoms with Crippen LogP contribution >= 0.6 is 11.6 Å². The molecular weight excluding hydrogens is 636 g/mol. The monoisotopic (exact) mass is 680 g/mol. The summed E-state index contributed by atoms with van der Waals surface area (Å²) in [6, 6.07) is 15.7. The highest BCUT2D eigenvalue weighted by atomic mass is 35.5. The Bertz CT molecular complexity index is 1510. The van der Waals surface area contributed by atoms with Crippen LogP contribution in [0.25, 0.3) is 0 Å². The zero-order chi connectivity index (χ0) is 35.1. The summed E-state index contributed by atoms with van der Waals surface area (Å²) < 4.78 is 17.2. The summed E-state index contributed by atoms with van der Waals surface area (Å²) in [5.41, 5.74) is 0.267. The van der Waals surface area contributed by atoms with Crippen LogP contribution in [0.2, 0.25) is 5.02 Å². The molecule has 3 aromatic rings. The first kappa shape index (κ1) is 38.0. The van der Waals surface area contributed by atoms with Crippen LogP contribution in [-0.2, 0) is 9.53 Å². The van der Waals surface area contributed by atoms with Crippen LogP contribution in [0.1, 0.15) is 93.4 Å². The van der Waals surface area contributed by atoms with Crippen molar-refractivity contribution in [2.45, 2.75) is 78.7 Å². The molecular formula is C37H45ClN2O8. The van der Waals surface area contributed by atoms with E-state index in [1.54, 1.807) is 12.1 Å². The summed E-state index contributed by atoms with van der Waals surface area (Å²) in [6.07, 6.45) is 5.34. The smallest absolute Gasteiger partial charge is 0.338 e. The summed E-state index contributed by atoms with van der Waals surface area (Å²) in [5.74, 6) is -0.636. The summed E-state index contributed by atoms with van der Waals surface area (Å²) >= 11 is 6.41. The number of hydrogen-bond donors (Lipinski definition) is 1. The molecule has 0 aromatic heterocycles. The standard InChI is InChI=1S/C37H45ClN2O8/c1-5-9-21-46-30-16-11-27(12-17-30)34(41)35(48-31-18-14-29(15-19-31)40(44)45)36(42)39-33-23-28(13-20-32(33)38)37(43)47-24-26(8-4)22-25(7-3)10-6-2/h11-20,23,25-26,35H,5-10,21-22,24H2,1-4H3,(H,39,42). The number of anilines is 1. The molecule has 0 heterocycles. The fourth-order valence-corrected chi connectivity index (χ4v) is 5.32. The first-order chi connectivity index (χ1) is 23.1. The number of esters is 1. The van der Waals surface area contributed by atoms with Gasteiger partial charge in [0.2, 0.25) is 11.9 Å². The number of nitro benzene ring substituents is 1. The predicted octanol–water partition coefficient (Wildman–Crippen LogP) is 9.10. The number of hydrogen-bond acceptors (Lipinski definition) is 8. The fourth-order valence-electron chi connectivity index (χ4n) is 5.15. The van der Waals surface area contributed by atoms with Crippen molar-refractivity contribution >= 4 is 40.6 Å². The second-order valence-electron chi connectivity index (χ2n) is 11.7. The van der Waals surface area contributed by atoms with Gasteiger partial charge in [-0.15, -0.1) is 0 Å². The molecule has 0 bridgehead atoms. The third-order valence-electron chi connectivity index (χ3n) is 8.11. The van der Waals surface area contributed by atoms with E-state index in [4.69, 9.17) is 25.8 Å². The third-order valence-corrected chi connectivity index (χ3v) is 8.44. The van der Waals surface area contributed by atoms with Crippen molar-refractivity contribution in [3.05, 3.63) is 93.0 Å². The van der Waals surface area contributed by atoms with Gasteiger partial charge in [0.15, 0.2) is 0 Å². The normalized spacial score (nSPS) is 12.8. The molecule has 3 unspecified atom stereocenters. The van der Waals surface area contributed by atoms with E-state index < -0.39 is 28.7 Å². The number of benzene rings is 3. The molecule has 0 aliphatic rings. The molecule has 11 heteroatoms. The second-order valence-corrected chi connectivity index (χ2v) is 12.1. The van der Waals surface area contributed by atoms with Gasteiger partial charge in [0.05, 0.1) is 34.4 Å². The number of carbonyl (C=O) groups excluding carboxylic acids is 3. The molecule has 10 nitrogen and oxygen atoms in total. The number of rotatable bonds is 20. The molecule has 3 rings (SSSR count). The van der Waals surface area contributed by atoms with Gasteiger partial charge in [0.25, 0.3) is 11.6 Å². The van der Waals surface area contributed by atoms with E-state index in [2.05, 4.69) is 33.0 Å². The molecule has 0 saturated heterocycles. The van der Waals surface area contributed by atoms with Crippen LogP contribution in [0.4, 0.5) is 11.4 Å². The summed E-state index contributed by atoms with van der Waals surface area (Å²) in [5, 5.41) is 13.9. The number of nitrogens with zero attached hydrogens (tertiary/aromatic N) is 1. The largest absolute Gasteiger partial charge is 0.494 e. The van der Waals surface area contributed by atoms with Crippen molar-refractivity contribution in [3.8, 4) is 11.5 Å². The van der Waals surface area contributed by atoms with Crippen LogP contribution in [0.5, 0.6) is 11.5 Å².